The van der Waals surface area contributed by atoms with Gasteiger partial charge in [0.15, 0.2) is 0 Å². The minimum atomic E-state index is 0.0219. The predicted octanol–water partition coefficient (Wildman–Crippen LogP) is 4.57. The molecule has 1 atom stereocenters. The van der Waals surface area contributed by atoms with Gasteiger partial charge in [-0.15, -0.1) is 0 Å². The molecule has 3 heterocycles. The van der Waals surface area contributed by atoms with Crippen LogP contribution in [0.15, 0.2) is 54.3 Å². The van der Waals surface area contributed by atoms with E-state index < -0.39 is 0 Å². The zero-order valence-electron chi connectivity index (χ0n) is 22.1. The summed E-state index contributed by atoms with van der Waals surface area (Å²) in [4.78, 5) is 24.2. The summed E-state index contributed by atoms with van der Waals surface area (Å²) in [5.41, 5.74) is 8.75. The van der Waals surface area contributed by atoms with Gasteiger partial charge in [-0.2, -0.15) is 0 Å². The van der Waals surface area contributed by atoms with E-state index in [-0.39, 0.29) is 18.1 Å². The van der Waals surface area contributed by atoms with Crippen molar-refractivity contribution in [1.82, 2.24) is 25.0 Å². The largest absolute Gasteiger partial charge is 0.336 e. The zero-order valence-corrected chi connectivity index (χ0v) is 22.1. The lowest BCUT2D eigenvalue weighted by molar-refractivity contribution is 0.148. The highest BCUT2D eigenvalue weighted by Crippen LogP contribution is 2.37. The SMILES string of the molecule is CC(C)NC(=O)N1CCC(C2=CCc3ncc(-c4ccc(CN5CCN(C)CC5)cc4)cc32)=CC1C. The molecular weight excluding hydrogens is 446 g/mol. The first-order valence-electron chi connectivity index (χ1n) is 13.4. The lowest BCUT2D eigenvalue weighted by Crippen LogP contribution is -2.48. The number of likely N-dealkylation sites (N-methyl/N-ethyl adjacent to an activating group) is 1. The standard InChI is InChI=1S/C30H39N5O/c1-21(2)32-30(36)35-12-11-25(17-22(35)3)27-9-10-29-28(27)18-26(19-31-29)24-7-5-23(6-8-24)20-34-15-13-33(4)14-16-34/h5-9,17-19,21-22H,10-16,20H2,1-4H3,(H,32,36). The number of rotatable bonds is 5. The van der Waals surface area contributed by atoms with Crippen molar-refractivity contribution < 1.29 is 4.79 Å². The molecule has 1 aliphatic carbocycles. The van der Waals surface area contributed by atoms with Crippen molar-refractivity contribution in [3.63, 3.8) is 0 Å². The highest BCUT2D eigenvalue weighted by atomic mass is 16.2. The first-order valence-corrected chi connectivity index (χ1v) is 13.4. The van der Waals surface area contributed by atoms with E-state index in [1.165, 1.54) is 27.8 Å². The summed E-state index contributed by atoms with van der Waals surface area (Å²) < 4.78 is 0. The van der Waals surface area contributed by atoms with Crippen molar-refractivity contribution in [3.8, 4) is 11.1 Å². The Morgan fingerprint density at radius 3 is 2.53 bits per heavy atom. The van der Waals surface area contributed by atoms with Gasteiger partial charge in [0.2, 0.25) is 0 Å². The molecule has 0 bridgehead atoms. The van der Waals surface area contributed by atoms with E-state index >= 15 is 0 Å². The van der Waals surface area contributed by atoms with Crippen LogP contribution in [-0.2, 0) is 13.0 Å². The molecule has 0 saturated carbocycles. The number of hydrogen-bond donors (Lipinski definition) is 1. The number of nitrogens with zero attached hydrogens (tertiary/aromatic N) is 4. The number of nitrogens with one attached hydrogen (secondary N) is 1. The second kappa shape index (κ2) is 10.6. The van der Waals surface area contributed by atoms with Gasteiger partial charge in [-0.05, 0) is 62.6 Å². The second-order valence-corrected chi connectivity index (χ2v) is 10.8. The quantitative estimate of drug-likeness (QED) is 0.674. The Labute approximate surface area is 215 Å². The zero-order chi connectivity index (χ0) is 25.2. The average molecular weight is 486 g/mol. The Hall–Kier alpha value is -2.96. The molecule has 2 amide bonds. The molecule has 2 aliphatic heterocycles. The van der Waals surface area contributed by atoms with Crippen LogP contribution < -0.4 is 5.32 Å². The molecular formula is C30H39N5O. The number of amides is 2. The fourth-order valence-electron chi connectivity index (χ4n) is 5.48. The highest BCUT2D eigenvalue weighted by Gasteiger charge is 2.27. The van der Waals surface area contributed by atoms with Crippen LogP contribution in [-0.4, -0.2) is 77.6 Å². The van der Waals surface area contributed by atoms with Crippen LogP contribution in [0, 0.1) is 0 Å². The number of carbonyl (C=O) groups excluding carboxylic acids is 1. The molecule has 3 aliphatic rings. The summed E-state index contributed by atoms with van der Waals surface area (Å²) in [7, 11) is 2.20. The third-order valence-corrected chi connectivity index (χ3v) is 7.62. The summed E-state index contributed by atoms with van der Waals surface area (Å²) in [5.74, 6) is 0. The number of benzene rings is 1. The molecule has 190 valence electrons. The molecule has 2 aromatic rings. The van der Waals surface area contributed by atoms with Crippen molar-refractivity contribution in [2.75, 3.05) is 39.8 Å². The van der Waals surface area contributed by atoms with Gasteiger partial charge in [0.1, 0.15) is 0 Å². The van der Waals surface area contributed by atoms with Crippen LogP contribution in [0.3, 0.4) is 0 Å². The molecule has 1 aromatic carbocycles. The van der Waals surface area contributed by atoms with Gasteiger partial charge in [-0.3, -0.25) is 9.88 Å². The number of hydrogen-bond acceptors (Lipinski definition) is 4. The molecule has 1 saturated heterocycles. The minimum Gasteiger partial charge on any atom is -0.336 e. The number of piperazine rings is 1. The molecule has 0 spiro atoms. The maximum Gasteiger partial charge on any atom is 0.318 e. The second-order valence-electron chi connectivity index (χ2n) is 10.8. The van der Waals surface area contributed by atoms with Crippen LogP contribution in [0.5, 0.6) is 0 Å². The van der Waals surface area contributed by atoms with Gasteiger partial charge in [0, 0.05) is 75.1 Å². The first-order chi connectivity index (χ1) is 17.4. The van der Waals surface area contributed by atoms with Crippen LogP contribution in [0.1, 0.15) is 44.0 Å². The third kappa shape index (κ3) is 5.40. The van der Waals surface area contributed by atoms with Gasteiger partial charge in [-0.25, -0.2) is 4.79 Å². The van der Waals surface area contributed by atoms with Crippen molar-refractivity contribution in [2.24, 2.45) is 0 Å². The van der Waals surface area contributed by atoms with E-state index in [2.05, 4.69) is 71.6 Å². The number of pyridine rings is 1. The first kappa shape index (κ1) is 24.7. The lowest BCUT2D eigenvalue weighted by atomic mass is 9.92. The summed E-state index contributed by atoms with van der Waals surface area (Å²) >= 11 is 0. The number of urea groups is 1. The van der Waals surface area contributed by atoms with E-state index in [4.69, 9.17) is 4.98 Å². The Morgan fingerprint density at radius 1 is 1.08 bits per heavy atom. The molecule has 1 unspecified atom stereocenters. The van der Waals surface area contributed by atoms with Gasteiger partial charge >= 0.3 is 6.03 Å². The maximum absolute atomic E-state index is 12.6. The van der Waals surface area contributed by atoms with E-state index in [0.717, 1.165) is 63.4 Å². The molecule has 36 heavy (non-hydrogen) atoms. The number of carbonyl (C=O) groups is 1. The lowest BCUT2D eigenvalue weighted by Gasteiger charge is -2.33. The molecule has 6 nitrogen and oxygen atoms in total. The van der Waals surface area contributed by atoms with Crippen molar-refractivity contribution in [3.05, 3.63) is 71.1 Å². The van der Waals surface area contributed by atoms with Gasteiger partial charge < -0.3 is 15.1 Å². The Morgan fingerprint density at radius 2 is 1.83 bits per heavy atom. The smallest absolute Gasteiger partial charge is 0.318 e. The topological polar surface area (TPSA) is 51.7 Å². The highest BCUT2D eigenvalue weighted by molar-refractivity contribution is 5.86. The summed E-state index contributed by atoms with van der Waals surface area (Å²) in [6.07, 6.45) is 8.32. The molecule has 0 radical (unpaired) electrons. The summed E-state index contributed by atoms with van der Waals surface area (Å²) in [6.45, 7) is 12.4. The van der Waals surface area contributed by atoms with Crippen LogP contribution in [0.25, 0.3) is 16.7 Å². The summed E-state index contributed by atoms with van der Waals surface area (Å²) in [5, 5.41) is 3.03. The van der Waals surface area contributed by atoms with E-state index in [9.17, 15) is 4.79 Å². The fraction of sp³-hybridized carbons (Fsp3) is 0.467. The van der Waals surface area contributed by atoms with Crippen LogP contribution >= 0.6 is 0 Å². The Balaban J connectivity index is 1.29. The van der Waals surface area contributed by atoms with Crippen molar-refractivity contribution in [1.29, 1.82) is 0 Å². The van der Waals surface area contributed by atoms with Crippen LogP contribution in [0.2, 0.25) is 0 Å². The maximum atomic E-state index is 12.6. The normalized spacial score (nSPS) is 20.8. The van der Waals surface area contributed by atoms with Gasteiger partial charge in [-0.1, -0.05) is 36.4 Å². The average Bonchev–Trinajstić information content (AvgIpc) is 3.29. The van der Waals surface area contributed by atoms with E-state index in [0.29, 0.717) is 0 Å². The third-order valence-electron chi connectivity index (χ3n) is 7.62. The van der Waals surface area contributed by atoms with Gasteiger partial charge in [0.25, 0.3) is 0 Å². The number of fused-ring (bicyclic) bond motifs is 1. The fourth-order valence-corrected chi connectivity index (χ4v) is 5.48. The van der Waals surface area contributed by atoms with Crippen LogP contribution in [0.4, 0.5) is 4.79 Å². The number of aromatic nitrogens is 1. The van der Waals surface area contributed by atoms with E-state index in [1.807, 2.05) is 24.9 Å². The van der Waals surface area contributed by atoms with Crippen molar-refractivity contribution >= 4 is 11.6 Å². The Bertz CT molecular complexity index is 1160. The summed E-state index contributed by atoms with van der Waals surface area (Å²) in [6, 6.07) is 11.5. The molecule has 1 N–H and O–H groups in total. The molecule has 1 fully saturated rings. The molecule has 1 aromatic heterocycles. The monoisotopic (exact) mass is 485 g/mol. The number of allylic oxidation sites excluding steroid dienone is 2. The van der Waals surface area contributed by atoms with Crippen molar-refractivity contribution in [2.45, 2.75) is 52.2 Å². The Kier molecular flexibility index (Phi) is 7.26. The van der Waals surface area contributed by atoms with E-state index in [1.54, 1.807) is 0 Å². The predicted molar refractivity (Wildman–Crippen MR) is 147 cm³/mol. The molecule has 6 heteroatoms. The molecule has 5 rings (SSSR count). The van der Waals surface area contributed by atoms with Gasteiger partial charge in [0.05, 0.1) is 5.69 Å². The minimum absolute atomic E-state index is 0.0219.